The third kappa shape index (κ3) is 3.00. The second-order valence-corrected chi connectivity index (χ2v) is 5.75. The zero-order valence-electron chi connectivity index (χ0n) is 13.4. The monoisotopic (exact) mass is 326 g/mol. The number of aromatic nitrogens is 1. The zero-order chi connectivity index (χ0) is 17.1. The van der Waals surface area contributed by atoms with Crippen molar-refractivity contribution in [2.24, 2.45) is 0 Å². The lowest BCUT2D eigenvalue weighted by Crippen LogP contribution is -2.62. The fraction of sp³-hybridized carbons (Fsp3) is 0.278. The molecule has 2 N–H and O–H groups in total. The molecule has 0 spiro atoms. The van der Waals surface area contributed by atoms with Crippen molar-refractivity contribution in [3.05, 3.63) is 60.3 Å². The molecule has 6 nitrogen and oxygen atoms in total. The molecule has 124 valence electrons. The summed E-state index contributed by atoms with van der Waals surface area (Å²) in [5, 5.41) is 13.6. The molecule has 2 atom stereocenters. The molecular formula is C18H20N3O3+. The molecule has 1 aliphatic rings. The van der Waals surface area contributed by atoms with Crippen LogP contribution in [-0.4, -0.2) is 36.2 Å². The van der Waals surface area contributed by atoms with Gasteiger partial charge in [-0.1, -0.05) is 36.4 Å². The summed E-state index contributed by atoms with van der Waals surface area (Å²) in [6, 6.07) is 14.6. The average molecular weight is 326 g/mol. The Kier molecular flexibility index (Phi) is 4.57. The van der Waals surface area contributed by atoms with E-state index in [1.807, 2.05) is 36.4 Å². The van der Waals surface area contributed by atoms with Gasteiger partial charge >= 0.3 is 5.91 Å². The standard InChI is InChI=1S/C18H19N3O3/c1-13(22)19-10-12-21-15-9-5-6-11-20(15)17(23)16(18(21)24)14-7-3-2-4-8-14/h2-9,11,16,18,24H,10,12H2,1H3/p+1. The first-order chi connectivity index (χ1) is 11.6. The van der Waals surface area contributed by atoms with Crippen LogP contribution < -0.4 is 14.8 Å². The van der Waals surface area contributed by atoms with Crippen LogP contribution in [0.15, 0.2) is 54.7 Å². The lowest BCUT2D eigenvalue weighted by Gasteiger charge is -2.32. The number of pyridine rings is 1. The fourth-order valence-corrected chi connectivity index (χ4v) is 3.02. The van der Waals surface area contributed by atoms with Crippen LogP contribution in [0.1, 0.15) is 23.2 Å². The van der Waals surface area contributed by atoms with E-state index in [9.17, 15) is 14.7 Å². The van der Waals surface area contributed by atoms with Gasteiger partial charge in [0.15, 0.2) is 5.92 Å². The van der Waals surface area contributed by atoms with E-state index in [2.05, 4.69) is 5.32 Å². The molecule has 0 radical (unpaired) electrons. The summed E-state index contributed by atoms with van der Waals surface area (Å²) < 4.78 is 1.55. The molecule has 2 heterocycles. The van der Waals surface area contributed by atoms with Crippen molar-refractivity contribution in [2.45, 2.75) is 19.1 Å². The molecule has 0 fully saturated rings. The van der Waals surface area contributed by atoms with Gasteiger partial charge in [0.25, 0.3) is 5.82 Å². The molecule has 0 bridgehead atoms. The first kappa shape index (κ1) is 16.1. The summed E-state index contributed by atoms with van der Waals surface area (Å²) in [4.78, 5) is 25.7. The molecule has 2 unspecified atom stereocenters. The van der Waals surface area contributed by atoms with Crippen molar-refractivity contribution in [1.29, 1.82) is 0 Å². The Labute approximate surface area is 140 Å². The predicted molar refractivity (Wildman–Crippen MR) is 88.5 cm³/mol. The van der Waals surface area contributed by atoms with Gasteiger partial charge in [-0.15, -0.1) is 0 Å². The van der Waals surface area contributed by atoms with Gasteiger partial charge in [0, 0.05) is 13.0 Å². The van der Waals surface area contributed by atoms with Crippen LogP contribution in [0.4, 0.5) is 5.82 Å². The Balaban J connectivity index is 1.97. The number of benzene rings is 1. The van der Waals surface area contributed by atoms with Crippen molar-refractivity contribution >= 4 is 17.6 Å². The molecule has 0 aliphatic carbocycles. The Hall–Kier alpha value is -2.73. The number of aliphatic hydroxyl groups is 1. The zero-order valence-corrected chi connectivity index (χ0v) is 13.4. The van der Waals surface area contributed by atoms with Crippen molar-refractivity contribution in [2.75, 3.05) is 18.0 Å². The van der Waals surface area contributed by atoms with E-state index < -0.39 is 12.1 Å². The largest absolute Gasteiger partial charge is 0.354 e. The first-order valence-electron chi connectivity index (χ1n) is 7.88. The molecule has 2 aromatic rings. The fourth-order valence-electron chi connectivity index (χ4n) is 3.02. The minimum atomic E-state index is -0.990. The van der Waals surface area contributed by atoms with E-state index in [0.29, 0.717) is 18.9 Å². The van der Waals surface area contributed by atoms with E-state index in [4.69, 9.17) is 0 Å². The van der Waals surface area contributed by atoms with E-state index in [1.54, 1.807) is 27.8 Å². The number of anilines is 1. The van der Waals surface area contributed by atoms with Gasteiger partial charge in [0.05, 0.1) is 12.7 Å². The van der Waals surface area contributed by atoms with Crippen LogP contribution in [0.25, 0.3) is 0 Å². The Morgan fingerprint density at radius 2 is 1.92 bits per heavy atom. The van der Waals surface area contributed by atoms with Crippen LogP contribution in [0.5, 0.6) is 0 Å². The summed E-state index contributed by atoms with van der Waals surface area (Å²) in [5.74, 6) is -0.353. The van der Waals surface area contributed by atoms with Crippen molar-refractivity contribution in [3.63, 3.8) is 0 Å². The number of aliphatic hydroxyl groups excluding tert-OH is 1. The summed E-state index contributed by atoms with van der Waals surface area (Å²) in [6.45, 7) is 2.24. The minimum absolute atomic E-state index is 0.127. The SMILES string of the molecule is CC(=O)NCCN1c2cccc[n+]2C(=O)C(c2ccccc2)C1O. The number of carbonyl (C=O) groups is 2. The number of hydrogen-bond donors (Lipinski definition) is 2. The van der Waals surface area contributed by atoms with E-state index in [-0.39, 0.29) is 11.8 Å². The molecule has 3 rings (SSSR count). The summed E-state index contributed by atoms with van der Waals surface area (Å²) in [7, 11) is 0. The number of nitrogens with one attached hydrogen (secondary N) is 1. The molecular weight excluding hydrogens is 306 g/mol. The quantitative estimate of drug-likeness (QED) is 0.810. The van der Waals surface area contributed by atoms with Crippen molar-refractivity contribution in [3.8, 4) is 0 Å². The Morgan fingerprint density at radius 3 is 2.62 bits per heavy atom. The Morgan fingerprint density at radius 1 is 1.21 bits per heavy atom. The van der Waals surface area contributed by atoms with Crippen LogP contribution >= 0.6 is 0 Å². The van der Waals surface area contributed by atoms with Gasteiger partial charge < -0.3 is 10.4 Å². The topological polar surface area (TPSA) is 73.5 Å². The van der Waals surface area contributed by atoms with E-state index >= 15 is 0 Å². The predicted octanol–water partition coefficient (Wildman–Crippen LogP) is 0.673. The van der Waals surface area contributed by atoms with Crippen molar-refractivity contribution in [1.82, 2.24) is 5.32 Å². The second kappa shape index (κ2) is 6.80. The maximum absolute atomic E-state index is 12.9. The number of carbonyl (C=O) groups excluding carboxylic acids is 2. The molecule has 24 heavy (non-hydrogen) atoms. The first-order valence-corrected chi connectivity index (χ1v) is 7.88. The summed E-state index contributed by atoms with van der Waals surface area (Å²) in [6.07, 6.45) is 0.710. The number of hydrogen-bond acceptors (Lipinski definition) is 4. The molecule has 0 saturated heterocycles. The third-order valence-corrected chi connectivity index (χ3v) is 4.14. The lowest BCUT2D eigenvalue weighted by atomic mass is 9.93. The highest BCUT2D eigenvalue weighted by atomic mass is 16.3. The summed E-state index contributed by atoms with van der Waals surface area (Å²) >= 11 is 0. The Bertz CT molecular complexity index is 748. The third-order valence-electron chi connectivity index (χ3n) is 4.14. The van der Waals surface area contributed by atoms with Crippen molar-refractivity contribution < 1.29 is 19.3 Å². The van der Waals surface area contributed by atoms with Gasteiger partial charge in [-0.05, 0) is 11.6 Å². The molecule has 1 aromatic heterocycles. The normalized spacial score (nSPS) is 19.8. The van der Waals surface area contributed by atoms with Gasteiger partial charge in [-0.3, -0.25) is 4.79 Å². The van der Waals surface area contributed by atoms with Gasteiger partial charge in [-0.2, -0.15) is 4.57 Å². The molecule has 1 amide bonds. The van der Waals surface area contributed by atoms with Crippen LogP contribution in [-0.2, 0) is 4.79 Å². The highest BCUT2D eigenvalue weighted by molar-refractivity contribution is 5.80. The van der Waals surface area contributed by atoms with E-state index in [0.717, 1.165) is 5.56 Å². The van der Waals surface area contributed by atoms with Crippen LogP contribution in [0.3, 0.4) is 0 Å². The van der Waals surface area contributed by atoms with Crippen LogP contribution in [0, 0.1) is 0 Å². The molecule has 1 aliphatic heterocycles. The number of nitrogens with zero attached hydrogens (tertiary/aromatic N) is 2. The summed E-state index contributed by atoms with van der Waals surface area (Å²) in [5.41, 5.74) is 0.765. The second-order valence-electron chi connectivity index (χ2n) is 5.75. The highest BCUT2D eigenvalue weighted by Crippen LogP contribution is 2.29. The maximum atomic E-state index is 12.9. The van der Waals surface area contributed by atoms with E-state index in [1.165, 1.54) is 6.92 Å². The average Bonchev–Trinajstić information content (AvgIpc) is 2.59. The van der Waals surface area contributed by atoms with Gasteiger partial charge in [0.2, 0.25) is 12.1 Å². The maximum Gasteiger partial charge on any atom is 0.328 e. The highest BCUT2D eigenvalue weighted by Gasteiger charge is 2.46. The lowest BCUT2D eigenvalue weighted by molar-refractivity contribution is -0.568. The molecule has 0 saturated carbocycles. The molecule has 6 heteroatoms. The number of rotatable bonds is 4. The van der Waals surface area contributed by atoms with Gasteiger partial charge in [0.1, 0.15) is 6.54 Å². The molecule has 1 aromatic carbocycles. The number of amides is 1. The van der Waals surface area contributed by atoms with Gasteiger partial charge in [-0.25, -0.2) is 9.69 Å². The number of fused-ring (bicyclic) bond motifs is 1. The minimum Gasteiger partial charge on any atom is -0.354 e. The smallest absolute Gasteiger partial charge is 0.328 e. The van der Waals surface area contributed by atoms with Crippen LogP contribution in [0.2, 0.25) is 0 Å².